The molecule has 1 fully saturated rings. The van der Waals surface area contributed by atoms with Crippen molar-refractivity contribution in [1.82, 2.24) is 14.8 Å². The van der Waals surface area contributed by atoms with Crippen LogP contribution in [-0.4, -0.2) is 34.5 Å². The van der Waals surface area contributed by atoms with E-state index in [-0.39, 0.29) is 18.0 Å². The maximum atomic E-state index is 11.6. The molecule has 2 atom stereocenters. The highest BCUT2D eigenvalue weighted by atomic mass is 16.5. The van der Waals surface area contributed by atoms with Crippen LogP contribution in [0.3, 0.4) is 0 Å². The van der Waals surface area contributed by atoms with Crippen LogP contribution in [-0.2, 0) is 27.2 Å². The van der Waals surface area contributed by atoms with Crippen LogP contribution >= 0.6 is 0 Å². The minimum absolute atomic E-state index is 0.0738. The molecule has 3 heterocycles. The molecule has 19 heavy (non-hydrogen) atoms. The SMILES string of the molecule is COC(=O)C1CCn2c(nnc2C2CCCCO2)C1. The van der Waals surface area contributed by atoms with E-state index in [1.54, 1.807) is 0 Å². The minimum atomic E-state index is -0.148. The van der Waals surface area contributed by atoms with Gasteiger partial charge in [0, 0.05) is 19.6 Å². The Morgan fingerprint density at radius 1 is 1.37 bits per heavy atom. The number of aromatic nitrogens is 3. The van der Waals surface area contributed by atoms with Gasteiger partial charge in [0.25, 0.3) is 0 Å². The van der Waals surface area contributed by atoms with E-state index in [9.17, 15) is 4.79 Å². The molecule has 2 aliphatic heterocycles. The Morgan fingerprint density at radius 3 is 3.00 bits per heavy atom. The smallest absolute Gasteiger partial charge is 0.309 e. The number of ether oxygens (including phenoxy) is 2. The predicted molar refractivity (Wildman–Crippen MR) is 66.4 cm³/mol. The molecular weight excluding hydrogens is 246 g/mol. The van der Waals surface area contributed by atoms with Crippen LogP contribution in [0.1, 0.15) is 43.4 Å². The van der Waals surface area contributed by atoms with Gasteiger partial charge in [-0.1, -0.05) is 0 Å². The number of esters is 1. The molecule has 0 saturated carbocycles. The van der Waals surface area contributed by atoms with E-state index < -0.39 is 0 Å². The predicted octanol–water partition coefficient (Wildman–Crippen LogP) is 1.26. The molecule has 0 N–H and O–H groups in total. The van der Waals surface area contributed by atoms with Gasteiger partial charge in [0.1, 0.15) is 11.9 Å². The second-order valence-corrected chi connectivity index (χ2v) is 5.19. The van der Waals surface area contributed by atoms with Gasteiger partial charge in [0.05, 0.1) is 13.0 Å². The van der Waals surface area contributed by atoms with Gasteiger partial charge in [-0.25, -0.2) is 0 Å². The molecule has 1 saturated heterocycles. The van der Waals surface area contributed by atoms with E-state index in [1.807, 2.05) is 0 Å². The van der Waals surface area contributed by atoms with Crippen molar-refractivity contribution in [3.8, 4) is 0 Å². The maximum absolute atomic E-state index is 11.6. The summed E-state index contributed by atoms with van der Waals surface area (Å²) >= 11 is 0. The van der Waals surface area contributed by atoms with Gasteiger partial charge in [-0.05, 0) is 25.7 Å². The average Bonchev–Trinajstić information content (AvgIpc) is 2.90. The summed E-state index contributed by atoms with van der Waals surface area (Å²) in [4.78, 5) is 11.6. The van der Waals surface area contributed by atoms with Gasteiger partial charge in [-0.2, -0.15) is 0 Å². The number of fused-ring (bicyclic) bond motifs is 1. The Hall–Kier alpha value is -1.43. The van der Waals surface area contributed by atoms with Crippen LogP contribution in [0.2, 0.25) is 0 Å². The zero-order valence-electron chi connectivity index (χ0n) is 11.2. The highest BCUT2D eigenvalue weighted by Crippen LogP contribution is 2.30. The molecular formula is C13H19N3O3. The third kappa shape index (κ3) is 2.36. The zero-order valence-corrected chi connectivity index (χ0v) is 11.2. The summed E-state index contributed by atoms with van der Waals surface area (Å²) in [5, 5.41) is 8.50. The first-order valence-electron chi connectivity index (χ1n) is 6.91. The summed E-state index contributed by atoms with van der Waals surface area (Å²) < 4.78 is 12.7. The fraction of sp³-hybridized carbons (Fsp3) is 0.769. The normalized spacial score (nSPS) is 26.8. The topological polar surface area (TPSA) is 66.2 Å². The van der Waals surface area contributed by atoms with Crippen molar-refractivity contribution < 1.29 is 14.3 Å². The first-order chi connectivity index (χ1) is 9.29. The monoisotopic (exact) mass is 265 g/mol. The molecule has 6 nitrogen and oxygen atoms in total. The van der Waals surface area contributed by atoms with E-state index in [1.165, 1.54) is 13.5 Å². The Bertz CT molecular complexity index is 466. The molecule has 0 bridgehead atoms. The highest BCUT2D eigenvalue weighted by Gasteiger charge is 2.31. The number of methoxy groups -OCH3 is 1. The summed E-state index contributed by atoms with van der Waals surface area (Å²) in [7, 11) is 1.43. The van der Waals surface area contributed by atoms with Crippen molar-refractivity contribution in [3.05, 3.63) is 11.6 Å². The average molecular weight is 265 g/mol. The van der Waals surface area contributed by atoms with Crippen molar-refractivity contribution in [2.45, 2.75) is 44.8 Å². The number of hydrogen-bond acceptors (Lipinski definition) is 5. The summed E-state index contributed by atoms with van der Waals surface area (Å²) in [5.41, 5.74) is 0. The fourth-order valence-corrected chi connectivity index (χ4v) is 2.90. The lowest BCUT2D eigenvalue weighted by Gasteiger charge is -2.26. The van der Waals surface area contributed by atoms with Crippen LogP contribution in [0.5, 0.6) is 0 Å². The second-order valence-electron chi connectivity index (χ2n) is 5.19. The molecule has 2 aliphatic rings. The van der Waals surface area contributed by atoms with Crippen molar-refractivity contribution in [3.63, 3.8) is 0 Å². The van der Waals surface area contributed by atoms with Crippen LogP contribution in [0.4, 0.5) is 0 Å². The molecule has 104 valence electrons. The molecule has 0 aromatic carbocycles. The molecule has 2 unspecified atom stereocenters. The number of carbonyl (C=O) groups excluding carboxylic acids is 1. The first kappa shape index (κ1) is 12.6. The Kier molecular flexibility index (Phi) is 3.50. The Labute approximate surface area is 112 Å². The molecule has 1 aromatic rings. The lowest BCUT2D eigenvalue weighted by atomic mass is 9.97. The summed E-state index contributed by atoms with van der Waals surface area (Å²) in [5.74, 6) is 1.58. The van der Waals surface area contributed by atoms with Crippen molar-refractivity contribution in [1.29, 1.82) is 0 Å². The quantitative estimate of drug-likeness (QED) is 0.753. The molecule has 0 radical (unpaired) electrons. The van der Waals surface area contributed by atoms with Crippen LogP contribution in [0.15, 0.2) is 0 Å². The summed E-state index contributed by atoms with van der Waals surface area (Å²) in [6.07, 6.45) is 4.80. The number of rotatable bonds is 2. The number of carbonyl (C=O) groups is 1. The van der Waals surface area contributed by atoms with Gasteiger partial charge in [0.2, 0.25) is 0 Å². The largest absolute Gasteiger partial charge is 0.469 e. The van der Waals surface area contributed by atoms with Crippen molar-refractivity contribution >= 4 is 5.97 Å². The van der Waals surface area contributed by atoms with E-state index in [2.05, 4.69) is 14.8 Å². The van der Waals surface area contributed by atoms with E-state index >= 15 is 0 Å². The second kappa shape index (κ2) is 5.28. The maximum Gasteiger partial charge on any atom is 0.309 e. The van der Waals surface area contributed by atoms with Crippen LogP contribution in [0.25, 0.3) is 0 Å². The van der Waals surface area contributed by atoms with Gasteiger partial charge in [-0.15, -0.1) is 10.2 Å². The van der Waals surface area contributed by atoms with Gasteiger partial charge in [0.15, 0.2) is 5.82 Å². The van der Waals surface area contributed by atoms with Crippen LogP contribution in [0, 0.1) is 5.92 Å². The number of nitrogens with zero attached hydrogens (tertiary/aromatic N) is 3. The lowest BCUT2D eigenvalue weighted by Crippen LogP contribution is -2.28. The van der Waals surface area contributed by atoms with E-state index in [0.29, 0.717) is 6.42 Å². The lowest BCUT2D eigenvalue weighted by molar-refractivity contribution is -0.146. The zero-order chi connectivity index (χ0) is 13.2. The van der Waals surface area contributed by atoms with Crippen molar-refractivity contribution in [2.24, 2.45) is 5.92 Å². The van der Waals surface area contributed by atoms with E-state index in [0.717, 1.165) is 44.1 Å². The van der Waals surface area contributed by atoms with E-state index in [4.69, 9.17) is 9.47 Å². The van der Waals surface area contributed by atoms with Crippen LogP contribution < -0.4 is 0 Å². The molecule has 0 aliphatic carbocycles. The molecule has 0 amide bonds. The van der Waals surface area contributed by atoms with Gasteiger partial charge < -0.3 is 14.0 Å². The molecule has 1 aromatic heterocycles. The Morgan fingerprint density at radius 2 is 2.26 bits per heavy atom. The standard InChI is InChI=1S/C13H19N3O3/c1-18-13(17)9-5-6-16-11(8-9)14-15-12(16)10-4-2-3-7-19-10/h9-10H,2-8H2,1H3. The third-order valence-electron chi connectivity index (χ3n) is 3.99. The summed E-state index contributed by atoms with van der Waals surface area (Å²) in [6.45, 7) is 1.58. The fourth-order valence-electron chi connectivity index (χ4n) is 2.90. The minimum Gasteiger partial charge on any atom is -0.469 e. The highest BCUT2D eigenvalue weighted by molar-refractivity contribution is 5.72. The summed E-state index contributed by atoms with van der Waals surface area (Å²) in [6, 6.07) is 0. The molecule has 6 heteroatoms. The van der Waals surface area contributed by atoms with Crippen molar-refractivity contribution in [2.75, 3.05) is 13.7 Å². The Balaban J connectivity index is 1.77. The molecule has 0 spiro atoms. The number of hydrogen-bond donors (Lipinski definition) is 0. The van der Waals surface area contributed by atoms with Gasteiger partial charge >= 0.3 is 5.97 Å². The first-order valence-corrected chi connectivity index (χ1v) is 6.91. The van der Waals surface area contributed by atoms with Gasteiger partial charge in [-0.3, -0.25) is 4.79 Å². The third-order valence-corrected chi connectivity index (χ3v) is 3.99. The molecule has 3 rings (SSSR count).